The summed E-state index contributed by atoms with van der Waals surface area (Å²) in [5.41, 5.74) is 5.36. The Morgan fingerprint density at radius 2 is 1.92 bits per heavy atom. The molecule has 0 amide bonds. The summed E-state index contributed by atoms with van der Waals surface area (Å²) in [7, 11) is 0. The lowest BCUT2D eigenvalue weighted by molar-refractivity contribution is -0.0583. The van der Waals surface area contributed by atoms with Gasteiger partial charge in [-0.2, -0.15) is 0 Å². The summed E-state index contributed by atoms with van der Waals surface area (Å²) in [6.07, 6.45) is -2.72. The third kappa shape index (κ3) is 1.49. The second kappa shape index (κ2) is 3.49. The summed E-state index contributed by atoms with van der Waals surface area (Å²) in [5.74, 6) is 0. The van der Waals surface area contributed by atoms with Gasteiger partial charge in [0.05, 0.1) is 6.04 Å². The average Bonchev–Trinajstić information content (AvgIpc) is 2.08. The first-order chi connectivity index (χ1) is 5.57. The van der Waals surface area contributed by atoms with Crippen molar-refractivity contribution in [2.45, 2.75) is 24.4 Å². The summed E-state index contributed by atoms with van der Waals surface area (Å²) < 4.78 is 12.1. The molecule has 1 aliphatic rings. The van der Waals surface area contributed by atoms with Crippen LogP contribution >= 0.6 is 0 Å². The van der Waals surface area contributed by atoms with Gasteiger partial charge in [-0.1, -0.05) is 6.08 Å². The Hall–Kier alpha value is -0.490. The number of hydrogen-bond acceptors (Lipinski definition) is 4. The quantitative estimate of drug-likeness (QED) is 0.360. The van der Waals surface area contributed by atoms with Crippen LogP contribution in [-0.2, 0) is 0 Å². The van der Waals surface area contributed by atoms with E-state index in [4.69, 9.17) is 21.1 Å². The number of aliphatic hydroxyl groups excluding tert-OH is 3. The third-order valence-corrected chi connectivity index (χ3v) is 2.01. The molecule has 1 aliphatic carbocycles. The molecule has 0 aliphatic heterocycles. The van der Waals surface area contributed by atoms with E-state index in [1.165, 1.54) is 6.08 Å². The second-order valence-corrected chi connectivity index (χ2v) is 2.88. The first-order valence-electron chi connectivity index (χ1n) is 3.64. The molecular formula is C7H12FNO3. The minimum absolute atomic E-state index is 0.0281. The third-order valence-electron chi connectivity index (χ3n) is 2.01. The lowest BCUT2D eigenvalue weighted by Crippen LogP contribution is -2.52. The Bertz CT molecular complexity index is 197. The Kier molecular flexibility index (Phi) is 2.79. The number of hydrogen-bond donors (Lipinski definition) is 4. The van der Waals surface area contributed by atoms with Crippen molar-refractivity contribution in [1.29, 1.82) is 0 Å². The predicted molar refractivity (Wildman–Crippen MR) is 40.1 cm³/mol. The van der Waals surface area contributed by atoms with E-state index >= 15 is 0 Å². The lowest BCUT2D eigenvalue weighted by atomic mass is 9.89. The molecule has 12 heavy (non-hydrogen) atoms. The highest BCUT2D eigenvalue weighted by atomic mass is 19.1. The van der Waals surface area contributed by atoms with E-state index in [-0.39, 0.29) is 5.57 Å². The van der Waals surface area contributed by atoms with Crippen molar-refractivity contribution in [1.82, 2.24) is 0 Å². The Morgan fingerprint density at radius 3 is 2.42 bits per heavy atom. The van der Waals surface area contributed by atoms with E-state index in [2.05, 4.69) is 0 Å². The van der Waals surface area contributed by atoms with Gasteiger partial charge in [0, 0.05) is 0 Å². The minimum atomic E-state index is -1.39. The molecule has 0 heterocycles. The summed E-state index contributed by atoms with van der Waals surface area (Å²) in [6.45, 7) is -0.862. The molecule has 70 valence electrons. The Balaban J connectivity index is 2.84. The maximum atomic E-state index is 12.1. The highest BCUT2D eigenvalue weighted by Crippen LogP contribution is 2.19. The van der Waals surface area contributed by atoms with Gasteiger partial charge in [0.2, 0.25) is 0 Å². The van der Waals surface area contributed by atoms with E-state index in [0.717, 1.165) is 0 Å². The van der Waals surface area contributed by atoms with E-state index in [1.807, 2.05) is 0 Å². The fourth-order valence-corrected chi connectivity index (χ4v) is 1.20. The van der Waals surface area contributed by atoms with E-state index in [1.54, 1.807) is 0 Å². The fraction of sp³-hybridized carbons (Fsp3) is 0.714. The van der Waals surface area contributed by atoms with Gasteiger partial charge in [0.25, 0.3) is 0 Å². The SMILES string of the molecule is NC1C=C(CF)[C@@H](O)[C@H](O)[C@H]1O. The van der Waals surface area contributed by atoms with E-state index in [9.17, 15) is 4.39 Å². The molecule has 0 spiro atoms. The highest BCUT2D eigenvalue weighted by molar-refractivity contribution is 5.20. The van der Waals surface area contributed by atoms with Gasteiger partial charge in [-0.15, -0.1) is 0 Å². The van der Waals surface area contributed by atoms with Crippen LogP contribution in [0.5, 0.6) is 0 Å². The first kappa shape index (κ1) is 9.60. The first-order valence-corrected chi connectivity index (χ1v) is 3.64. The maximum Gasteiger partial charge on any atom is 0.113 e. The van der Waals surface area contributed by atoms with Crippen molar-refractivity contribution in [2.24, 2.45) is 5.73 Å². The van der Waals surface area contributed by atoms with E-state index < -0.39 is 31.0 Å². The smallest absolute Gasteiger partial charge is 0.113 e. The molecule has 0 saturated carbocycles. The van der Waals surface area contributed by atoms with Crippen LogP contribution in [-0.4, -0.2) is 46.3 Å². The molecule has 5 N–H and O–H groups in total. The summed E-state index contributed by atoms with van der Waals surface area (Å²) >= 11 is 0. The maximum absolute atomic E-state index is 12.1. The molecule has 1 unspecified atom stereocenters. The molecule has 4 atom stereocenters. The molecule has 0 bridgehead atoms. The van der Waals surface area contributed by atoms with Crippen molar-refractivity contribution in [2.75, 3.05) is 6.67 Å². The average molecular weight is 177 g/mol. The fourth-order valence-electron chi connectivity index (χ4n) is 1.20. The van der Waals surface area contributed by atoms with Crippen molar-refractivity contribution < 1.29 is 19.7 Å². The van der Waals surface area contributed by atoms with Crippen LogP contribution in [0.3, 0.4) is 0 Å². The van der Waals surface area contributed by atoms with Crippen molar-refractivity contribution in [3.63, 3.8) is 0 Å². The summed E-state index contributed by atoms with van der Waals surface area (Å²) in [4.78, 5) is 0. The van der Waals surface area contributed by atoms with Crippen LogP contribution < -0.4 is 5.73 Å². The number of alkyl halides is 1. The van der Waals surface area contributed by atoms with Crippen LogP contribution in [0, 0.1) is 0 Å². The largest absolute Gasteiger partial charge is 0.388 e. The van der Waals surface area contributed by atoms with Crippen LogP contribution in [0.2, 0.25) is 0 Å². The Labute approximate surface area is 69.1 Å². The summed E-state index contributed by atoms with van der Waals surface area (Å²) in [5, 5.41) is 27.4. The zero-order valence-electron chi connectivity index (χ0n) is 6.39. The van der Waals surface area contributed by atoms with E-state index in [0.29, 0.717) is 0 Å². The van der Waals surface area contributed by atoms with Gasteiger partial charge in [-0.05, 0) is 5.57 Å². The van der Waals surface area contributed by atoms with Crippen molar-refractivity contribution in [3.8, 4) is 0 Å². The normalized spacial score (nSPS) is 42.6. The lowest BCUT2D eigenvalue weighted by Gasteiger charge is -2.31. The van der Waals surface area contributed by atoms with Crippen LogP contribution in [0.1, 0.15) is 0 Å². The zero-order valence-corrected chi connectivity index (χ0v) is 6.39. The standard InChI is InChI=1S/C7H12FNO3/c8-2-3-1-4(9)6(11)7(12)5(3)10/h1,4-7,10-12H,2,9H2/t4?,5-,6+,7+/m1/s1. The molecule has 0 saturated heterocycles. The molecule has 0 fully saturated rings. The van der Waals surface area contributed by atoms with Gasteiger partial charge in [-0.3, -0.25) is 0 Å². The van der Waals surface area contributed by atoms with Gasteiger partial charge < -0.3 is 21.1 Å². The highest BCUT2D eigenvalue weighted by Gasteiger charge is 2.35. The number of rotatable bonds is 1. The monoisotopic (exact) mass is 177 g/mol. The molecular weight excluding hydrogens is 165 g/mol. The Morgan fingerprint density at radius 1 is 1.33 bits per heavy atom. The molecule has 0 radical (unpaired) electrons. The summed E-state index contributed by atoms with van der Waals surface area (Å²) in [6, 6.07) is -0.811. The van der Waals surface area contributed by atoms with Gasteiger partial charge in [-0.25, -0.2) is 4.39 Å². The molecule has 1 rings (SSSR count). The van der Waals surface area contributed by atoms with Crippen LogP contribution in [0.4, 0.5) is 4.39 Å². The molecule has 4 nitrogen and oxygen atoms in total. The number of nitrogens with two attached hydrogens (primary N) is 1. The number of aliphatic hydroxyl groups is 3. The molecule has 0 aromatic heterocycles. The van der Waals surface area contributed by atoms with Gasteiger partial charge >= 0.3 is 0 Å². The van der Waals surface area contributed by atoms with Gasteiger partial charge in [0.15, 0.2) is 0 Å². The van der Waals surface area contributed by atoms with Crippen molar-refractivity contribution in [3.05, 3.63) is 11.6 Å². The topological polar surface area (TPSA) is 86.7 Å². The minimum Gasteiger partial charge on any atom is -0.388 e. The molecule has 0 aromatic rings. The molecule has 0 aromatic carbocycles. The predicted octanol–water partition coefficient (Wildman–Crippen LogP) is -1.69. The van der Waals surface area contributed by atoms with Crippen LogP contribution in [0.15, 0.2) is 11.6 Å². The second-order valence-electron chi connectivity index (χ2n) is 2.88. The number of halogens is 1. The van der Waals surface area contributed by atoms with Crippen LogP contribution in [0.25, 0.3) is 0 Å². The van der Waals surface area contributed by atoms with Crippen molar-refractivity contribution >= 4 is 0 Å². The van der Waals surface area contributed by atoms with Gasteiger partial charge in [0.1, 0.15) is 25.0 Å². The molecule has 5 heteroatoms. The zero-order chi connectivity index (χ0) is 9.30.